The molecule has 0 saturated heterocycles. The van der Waals surface area contributed by atoms with Gasteiger partial charge in [0.2, 0.25) is 0 Å². The lowest BCUT2D eigenvalue weighted by Crippen LogP contribution is -2.25. The van der Waals surface area contributed by atoms with Crippen LogP contribution in [0.2, 0.25) is 5.02 Å². The Morgan fingerprint density at radius 3 is 2.95 bits per heavy atom. The van der Waals surface area contributed by atoms with Crippen molar-refractivity contribution < 1.29 is 13.9 Å². The number of hydrogen-bond acceptors (Lipinski definition) is 2. The highest BCUT2D eigenvalue weighted by Crippen LogP contribution is 2.39. The van der Waals surface area contributed by atoms with Gasteiger partial charge in [0.25, 0.3) is 5.91 Å². The number of benzene rings is 2. The van der Waals surface area contributed by atoms with Gasteiger partial charge >= 0.3 is 0 Å². The summed E-state index contributed by atoms with van der Waals surface area (Å²) in [5, 5.41) is 2.82. The third kappa shape index (κ3) is 2.76. The molecule has 2 aromatic rings. The maximum Gasteiger partial charge on any atom is 0.262 e. The normalized spacial score (nSPS) is 14.9. The Bertz CT molecular complexity index is 723. The number of anilines is 1. The van der Waals surface area contributed by atoms with Gasteiger partial charge in [-0.25, -0.2) is 4.39 Å². The number of rotatable bonds is 2. The minimum atomic E-state index is -0.465. The van der Waals surface area contributed by atoms with Gasteiger partial charge in [-0.2, -0.15) is 0 Å². The first kappa shape index (κ1) is 14.4. The molecular weight excluding hydrogens is 361 g/mol. The third-order valence-electron chi connectivity index (χ3n) is 3.18. The zero-order chi connectivity index (χ0) is 15.0. The molecule has 1 aliphatic rings. The number of halogens is 3. The third-order valence-corrected chi connectivity index (χ3v) is 4.60. The Kier molecular flexibility index (Phi) is 3.87. The van der Waals surface area contributed by atoms with Gasteiger partial charge in [-0.05, 0) is 29.3 Å². The molecule has 0 fully saturated rings. The van der Waals surface area contributed by atoms with E-state index in [2.05, 4.69) is 21.2 Å². The quantitative estimate of drug-likeness (QED) is 0.801. The Hall–Kier alpha value is -1.59. The lowest BCUT2D eigenvalue weighted by Gasteiger charge is -2.20. The molecule has 0 aliphatic carbocycles. The van der Waals surface area contributed by atoms with E-state index in [-0.39, 0.29) is 22.4 Å². The van der Waals surface area contributed by atoms with Crippen LogP contribution in [0.1, 0.15) is 16.0 Å². The first-order valence-electron chi connectivity index (χ1n) is 6.21. The van der Waals surface area contributed by atoms with Gasteiger partial charge < -0.3 is 10.1 Å². The highest BCUT2D eigenvalue weighted by Gasteiger charge is 2.20. The minimum absolute atomic E-state index is 0.0137. The van der Waals surface area contributed by atoms with Crippen LogP contribution in [0.4, 0.5) is 10.1 Å². The fourth-order valence-electron chi connectivity index (χ4n) is 2.15. The zero-order valence-electron chi connectivity index (χ0n) is 10.7. The fraction of sp³-hybridized carbons (Fsp3) is 0.133. The molecule has 21 heavy (non-hydrogen) atoms. The van der Waals surface area contributed by atoms with Crippen LogP contribution < -0.4 is 10.1 Å². The summed E-state index contributed by atoms with van der Waals surface area (Å²) in [7, 11) is 0. The molecule has 1 aliphatic heterocycles. The van der Waals surface area contributed by atoms with Crippen molar-refractivity contribution >= 4 is 39.1 Å². The topological polar surface area (TPSA) is 38.3 Å². The average molecular weight is 371 g/mol. The second-order valence-electron chi connectivity index (χ2n) is 4.60. The van der Waals surface area contributed by atoms with Crippen LogP contribution in [-0.4, -0.2) is 12.5 Å². The van der Waals surface area contributed by atoms with Gasteiger partial charge in [-0.1, -0.05) is 45.7 Å². The van der Waals surface area contributed by atoms with Crippen molar-refractivity contribution in [3.8, 4) is 5.75 Å². The van der Waals surface area contributed by atoms with E-state index in [9.17, 15) is 9.18 Å². The lowest BCUT2D eigenvalue weighted by molar-refractivity contribution is -0.118. The van der Waals surface area contributed by atoms with Crippen LogP contribution in [0.25, 0.3) is 0 Å². The zero-order valence-corrected chi connectivity index (χ0v) is 13.0. The molecule has 3 rings (SSSR count). The van der Waals surface area contributed by atoms with Gasteiger partial charge in [0.05, 0.1) is 15.5 Å². The molecule has 0 aromatic heterocycles. The molecule has 1 heterocycles. The summed E-state index contributed by atoms with van der Waals surface area (Å²) < 4.78 is 18.9. The fourth-order valence-corrected chi connectivity index (χ4v) is 3.19. The molecule has 3 nitrogen and oxygen atoms in total. The lowest BCUT2D eigenvalue weighted by atomic mass is 10.0. The largest absolute Gasteiger partial charge is 0.482 e. The highest BCUT2D eigenvalue weighted by molar-refractivity contribution is 9.09. The van der Waals surface area contributed by atoms with Crippen LogP contribution in [0.15, 0.2) is 36.4 Å². The van der Waals surface area contributed by atoms with E-state index < -0.39 is 5.82 Å². The van der Waals surface area contributed by atoms with Crippen molar-refractivity contribution in [3.63, 3.8) is 0 Å². The molecule has 0 radical (unpaired) electrons. The summed E-state index contributed by atoms with van der Waals surface area (Å²) in [6.45, 7) is 0.0137. The Morgan fingerprint density at radius 1 is 1.33 bits per heavy atom. The first-order chi connectivity index (χ1) is 10.1. The van der Waals surface area contributed by atoms with Crippen LogP contribution in [0.5, 0.6) is 5.75 Å². The maximum atomic E-state index is 13.6. The highest BCUT2D eigenvalue weighted by atomic mass is 79.9. The predicted octanol–water partition coefficient (Wildman–Crippen LogP) is 4.29. The Morgan fingerprint density at radius 2 is 2.14 bits per heavy atom. The monoisotopic (exact) mass is 369 g/mol. The number of carbonyl (C=O) groups is 1. The maximum absolute atomic E-state index is 13.6. The van der Waals surface area contributed by atoms with Crippen LogP contribution >= 0.6 is 27.5 Å². The van der Waals surface area contributed by atoms with E-state index in [0.29, 0.717) is 17.0 Å². The summed E-state index contributed by atoms with van der Waals surface area (Å²) >= 11 is 9.52. The standard InChI is InChI=1S/C15H10BrClFNO2/c16-14(9-2-1-3-10(18)15(9)17)8-4-5-12-11(6-8)19-13(20)7-21-12/h1-6,14H,7H2,(H,19,20). The van der Waals surface area contributed by atoms with Crippen molar-refractivity contribution in [2.45, 2.75) is 4.83 Å². The molecule has 1 atom stereocenters. The minimum Gasteiger partial charge on any atom is -0.482 e. The van der Waals surface area contributed by atoms with Gasteiger partial charge in [0, 0.05) is 0 Å². The molecule has 6 heteroatoms. The SMILES string of the molecule is O=C1COc2ccc(C(Br)c3cccc(F)c3Cl)cc2N1. The van der Waals surface area contributed by atoms with Gasteiger partial charge in [-0.15, -0.1) is 0 Å². The Labute approximate surface area is 134 Å². The first-order valence-corrected chi connectivity index (χ1v) is 7.50. The molecular formula is C15H10BrClFNO2. The molecule has 0 spiro atoms. The van der Waals surface area contributed by atoms with Gasteiger partial charge in [-0.3, -0.25) is 4.79 Å². The summed E-state index contributed by atoms with van der Waals surface area (Å²) in [5.74, 6) is -0.0498. The van der Waals surface area contributed by atoms with Crippen LogP contribution in [0.3, 0.4) is 0 Å². The molecule has 0 bridgehead atoms. The second-order valence-corrected chi connectivity index (χ2v) is 5.89. The number of hydrogen-bond donors (Lipinski definition) is 1. The molecule has 2 aromatic carbocycles. The number of nitrogens with one attached hydrogen (secondary N) is 1. The molecule has 0 saturated carbocycles. The van der Waals surface area contributed by atoms with Gasteiger partial charge in [0.15, 0.2) is 6.61 Å². The van der Waals surface area contributed by atoms with E-state index in [1.165, 1.54) is 6.07 Å². The van der Waals surface area contributed by atoms with E-state index in [0.717, 1.165) is 5.56 Å². The van der Waals surface area contributed by atoms with Crippen molar-refractivity contribution in [3.05, 3.63) is 58.4 Å². The van der Waals surface area contributed by atoms with Crippen molar-refractivity contribution in [1.29, 1.82) is 0 Å². The van der Waals surface area contributed by atoms with E-state index in [1.807, 2.05) is 6.07 Å². The van der Waals surface area contributed by atoms with Gasteiger partial charge in [0.1, 0.15) is 11.6 Å². The van der Waals surface area contributed by atoms with Crippen molar-refractivity contribution in [2.24, 2.45) is 0 Å². The van der Waals surface area contributed by atoms with E-state index in [4.69, 9.17) is 16.3 Å². The van der Waals surface area contributed by atoms with Crippen molar-refractivity contribution in [2.75, 3.05) is 11.9 Å². The van der Waals surface area contributed by atoms with E-state index in [1.54, 1.807) is 24.3 Å². The summed E-state index contributed by atoms with van der Waals surface area (Å²) in [6, 6.07) is 10.1. The van der Waals surface area contributed by atoms with Crippen molar-refractivity contribution in [1.82, 2.24) is 0 Å². The molecule has 1 N–H and O–H groups in total. The number of fused-ring (bicyclic) bond motifs is 1. The summed E-state index contributed by atoms with van der Waals surface area (Å²) in [4.78, 5) is 11.1. The molecule has 1 unspecified atom stereocenters. The smallest absolute Gasteiger partial charge is 0.262 e. The summed E-state index contributed by atoms with van der Waals surface area (Å²) in [6.07, 6.45) is 0. The molecule has 1 amide bonds. The predicted molar refractivity (Wildman–Crippen MR) is 82.7 cm³/mol. The summed E-state index contributed by atoms with van der Waals surface area (Å²) in [5.41, 5.74) is 2.06. The Balaban J connectivity index is 1.98. The van der Waals surface area contributed by atoms with Crippen LogP contribution in [0, 0.1) is 5.82 Å². The second kappa shape index (κ2) is 5.66. The van der Waals surface area contributed by atoms with Crippen LogP contribution in [-0.2, 0) is 4.79 Å². The molecule has 108 valence electrons. The van der Waals surface area contributed by atoms with E-state index >= 15 is 0 Å². The number of carbonyl (C=O) groups excluding carboxylic acids is 1. The number of ether oxygens (including phenoxy) is 1. The average Bonchev–Trinajstić information content (AvgIpc) is 2.48. The number of amides is 1. The number of alkyl halides is 1.